The van der Waals surface area contributed by atoms with Crippen molar-refractivity contribution in [2.45, 2.75) is 39.2 Å². The summed E-state index contributed by atoms with van der Waals surface area (Å²) in [6.07, 6.45) is 3.51. The number of nitrogens with zero attached hydrogens (tertiary/aromatic N) is 1. The average Bonchev–Trinajstić information content (AvgIpc) is 2.75. The molecule has 0 aliphatic heterocycles. The van der Waals surface area contributed by atoms with Gasteiger partial charge in [0.15, 0.2) is 0 Å². The Bertz CT molecular complexity index is 462. The zero-order valence-corrected chi connectivity index (χ0v) is 11.5. The standard InChI is InChI=1S/C14H21N3O2/c1-3-15-12-7-13(9-14(8-12)17(18)19)16-11-5-4-10(2)6-11/h7-11,15-16H,3-6H2,1-2H3. The summed E-state index contributed by atoms with van der Waals surface area (Å²) in [4.78, 5) is 10.6. The van der Waals surface area contributed by atoms with E-state index in [1.807, 2.05) is 13.0 Å². The fraction of sp³-hybridized carbons (Fsp3) is 0.571. The molecule has 1 aromatic carbocycles. The highest BCUT2D eigenvalue weighted by Crippen LogP contribution is 2.30. The lowest BCUT2D eigenvalue weighted by molar-refractivity contribution is -0.384. The minimum Gasteiger partial charge on any atom is -0.385 e. The van der Waals surface area contributed by atoms with E-state index in [1.54, 1.807) is 12.1 Å². The molecule has 0 amide bonds. The van der Waals surface area contributed by atoms with Crippen LogP contribution >= 0.6 is 0 Å². The van der Waals surface area contributed by atoms with Crippen LogP contribution in [0.15, 0.2) is 18.2 Å². The molecule has 0 bridgehead atoms. The molecule has 5 nitrogen and oxygen atoms in total. The Labute approximate surface area is 113 Å². The van der Waals surface area contributed by atoms with Crippen LogP contribution in [0.1, 0.15) is 33.1 Å². The Balaban J connectivity index is 2.16. The fourth-order valence-corrected chi connectivity index (χ4v) is 2.68. The highest BCUT2D eigenvalue weighted by Gasteiger charge is 2.21. The number of non-ortho nitro benzene ring substituents is 1. The van der Waals surface area contributed by atoms with Crippen molar-refractivity contribution in [2.24, 2.45) is 5.92 Å². The largest absolute Gasteiger partial charge is 0.385 e. The molecule has 0 aromatic heterocycles. The van der Waals surface area contributed by atoms with Crippen LogP contribution in [0.2, 0.25) is 0 Å². The van der Waals surface area contributed by atoms with Crippen LogP contribution in [-0.4, -0.2) is 17.5 Å². The van der Waals surface area contributed by atoms with Crippen molar-refractivity contribution < 1.29 is 4.92 Å². The highest BCUT2D eigenvalue weighted by molar-refractivity contribution is 5.63. The van der Waals surface area contributed by atoms with Crippen LogP contribution in [0.3, 0.4) is 0 Å². The van der Waals surface area contributed by atoms with E-state index in [9.17, 15) is 10.1 Å². The minimum absolute atomic E-state index is 0.131. The van der Waals surface area contributed by atoms with Gasteiger partial charge in [0, 0.05) is 36.1 Å². The molecule has 19 heavy (non-hydrogen) atoms. The Hall–Kier alpha value is -1.78. The zero-order chi connectivity index (χ0) is 13.8. The molecule has 1 saturated carbocycles. The summed E-state index contributed by atoms with van der Waals surface area (Å²) >= 11 is 0. The van der Waals surface area contributed by atoms with Gasteiger partial charge >= 0.3 is 0 Å². The molecule has 1 aromatic rings. The summed E-state index contributed by atoms with van der Waals surface area (Å²) in [6.45, 7) is 4.98. The van der Waals surface area contributed by atoms with Gasteiger partial charge in [-0.25, -0.2) is 0 Å². The van der Waals surface area contributed by atoms with Crippen molar-refractivity contribution >= 4 is 17.1 Å². The molecule has 1 fully saturated rings. The maximum Gasteiger partial charge on any atom is 0.273 e. The lowest BCUT2D eigenvalue weighted by Crippen LogP contribution is -2.15. The summed E-state index contributed by atoms with van der Waals surface area (Å²) in [5.41, 5.74) is 1.77. The van der Waals surface area contributed by atoms with Gasteiger partial charge in [0.1, 0.15) is 0 Å². The molecule has 1 aliphatic carbocycles. The molecule has 2 N–H and O–H groups in total. The molecular formula is C14H21N3O2. The first kappa shape index (κ1) is 13.6. The van der Waals surface area contributed by atoms with E-state index in [2.05, 4.69) is 17.6 Å². The van der Waals surface area contributed by atoms with E-state index >= 15 is 0 Å². The van der Waals surface area contributed by atoms with Crippen LogP contribution in [0.25, 0.3) is 0 Å². The summed E-state index contributed by atoms with van der Waals surface area (Å²) < 4.78 is 0. The van der Waals surface area contributed by atoms with Gasteiger partial charge in [0.25, 0.3) is 5.69 Å². The zero-order valence-electron chi connectivity index (χ0n) is 11.5. The summed E-state index contributed by atoms with van der Waals surface area (Å²) in [5.74, 6) is 0.740. The number of nitro benzene ring substituents is 1. The van der Waals surface area contributed by atoms with Crippen LogP contribution in [0.4, 0.5) is 17.1 Å². The number of benzene rings is 1. The molecule has 0 saturated heterocycles. The molecule has 0 spiro atoms. The second-order valence-electron chi connectivity index (χ2n) is 5.32. The van der Waals surface area contributed by atoms with Gasteiger partial charge in [-0.1, -0.05) is 6.92 Å². The van der Waals surface area contributed by atoms with E-state index < -0.39 is 0 Å². The van der Waals surface area contributed by atoms with Gasteiger partial charge in [0.2, 0.25) is 0 Å². The molecule has 104 valence electrons. The van der Waals surface area contributed by atoms with E-state index in [1.165, 1.54) is 6.42 Å². The number of hydrogen-bond acceptors (Lipinski definition) is 4. The fourth-order valence-electron chi connectivity index (χ4n) is 2.68. The molecule has 2 unspecified atom stereocenters. The van der Waals surface area contributed by atoms with Crippen molar-refractivity contribution in [3.63, 3.8) is 0 Å². The van der Waals surface area contributed by atoms with Crippen molar-refractivity contribution in [3.05, 3.63) is 28.3 Å². The molecule has 5 heteroatoms. The third-order valence-corrected chi connectivity index (χ3v) is 3.58. The number of rotatable bonds is 5. The van der Waals surface area contributed by atoms with Gasteiger partial charge < -0.3 is 10.6 Å². The van der Waals surface area contributed by atoms with Crippen LogP contribution in [-0.2, 0) is 0 Å². The van der Waals surface area contributed by atoms with E-state index in [0.29, 0.717) is 6.04 Å². The van der Waals surface area contributed by atoms with Crippen molar-refractivity contribution in [1.29, 1.82) is 0 Å². The smallest absolute Gasteiger partial charge is 0.273 e. The van der Waals surface area contributed by atoms with Gasteiger partial charge in [-0.3, -0.25) is 10.1 Å². The van der Waals surface area contributed by atoms with Crippen LogP contribution in [0, 0.1) is 16.0 Å². The summed E-state index contributed by atoms with van der Waals surface area (Å²) in [7, 11) is 0. The van der Waals surface area contributed by atoms with Crippen LogP contribution in [0.5, 0.6) is 0 Å². The molecule has 2 atom stereocenters. The number of nitro groups is 1. The number of hydrogen-bond donors (Lipinski definition) is 2. The van der Waals surface area contributed by atoms with Crippen molar-refractivity contribution in [1.82, 2.24) is 0 Å². The SMILES string of the molecule is CCNc1cc(NC2CCC(C)C2)cc([N+](=O)[O-])c1. The van der Waals surface area contributed by atoms with E-state index in [4.69, 9.17) is 0 Å². The molecule has 2 rings (SSSR count). The van der Waals surface area contributed by atoms with E-state index in [-0.39, 0.29) is 10.6 Å². The molecule has 0 heterocycles. The third kappa shape index (κ3) is 3.59. The Morgan fingerprint density at radius 3 is 2.63 bits per heavy atom. The first-order valence-corrected chi connectivity index (χ1v) is 6.88. The Kier molecular flexibility index (Phi) is 4.24. The second-order valence-corrected chi connectivity index (χ2v) is 5.32. The molecule has 0 radical (unpaired) electrons. The van der Waals surface area contributed by atoms with E-state index in [0.717, 1.165) is 36.7 Å². The predicted molar refractivity (Wildman–Crippen MR) is 77.7 cm³/mol. The van der Waals surface area contributed by atoms with Gasteiger partial charge in [0.05, 0.1) is 4.92 Å². The number of nitrogens with one attached hydrogen (secondary N) is 2. The topological polar surface area (TPSA) is 67.2 Å². The summed E-state index contributed by atoms with van der Waals surface area (Å²) in [6, 6.07) is 5.57. The Morgan fingerprint density at radius 1 is 1.32 bits per heavy atom. The first-order valence-electron chi connectivity index (χ1n) is 6.88. The van der Waals surface area contributed by atoms with Crippen molar-refractivity contribution in [3.8, 4) is 0 Å². The number of anilines is 2. The first-order chi connectivity index (χ1) is 9.08. The highest BCUT2D eigenvalue weighted by atomic mass is 16.6. The lowest BCUT2D eigenvalue weighted by Gasteiger charge is -2.15. The minimum atomic E-state index is -0.344. The molecular weight excluding hydrogens is 242 g/mol. The normalized spacial score (nSPS) is 22.2. The predicted octanol–water partition coefficient (Wildman–Crippen LogP) is 3.63. The molecule has 1 aliphatic rings. The van der Waals surface area contributed by atoms with Crippen molar-refractivity contribution in [2.75, 3.05) is 17.2 Å². The maximum absolute atomic E-state index is 10.9. The monoisotopic (exact) mass is 263 g/mol. The Morgan fingerprint density at radius 2 is 2.05 bits per heavy atom. The van der Waals surface area contributed by atoms with Gasteiger partial charge in [-0.2, -0.15) is 0 Å². The maximum atomic E-state index is 10.9. The van der Waals surface area contributed by atoms with Gasteiger partial charge in [-0.05, 0) is 38.2 Å². The lowest BCUT2D eigenvalue weighted by atomic mass is 10.1. The quantitative estimate of drug-likeness (QED) is 0.629. The second kappa shape index (κ2) is 5.91. The third-order valence-electron chi connectivity index (χ3n) is 3.58. The van der Waals surface area contributed by atoms with Gasteiger partial charge in [-0.15, -0.1) is 0 Å². The average molecular weight is 263 g/mol. The van der Waals surface area contributed by atoms with Crippen LogP contribution < -0.4 is 10.6 Å². The summed E-state index contributed by atoms with van der Waals surface area (Å²) in [5, 5.41) is 17.5.